The molecule has 1 heterocycles. The molecular formula is C14H19ClN2O2. The third-order valence-corrected chi connectivity index (χ3v) is 3.43. The van der Waals surface area contributed by atoms with Crippen molar-refractivity contribution < 1.29 is 9.53 Å². The van der Waals surface area contributed by atoms with E-state index in [1.807, 2.05) is 12.1 Å². The lowest BCUT2D eigenvalue weighted by molar-refractivity contribution is -0.115. The van der Waals surface area contributed by atoms with Crippen LogP contribution in [-0.4, -0.2) is 31.7 Å². The van der Waals surface area contributed by atoms with Crippen LogP contribution in [0.2, 0.25) is 5.02 Å². The van der Waals surface area contributed by atoms with Gasteiger partial charge in [0.15, 0.2) is 0 Å². The fraction of sp³-hybridized carbons (Fsp3) is 0.500. The molecule has 1 atom stereocenters. The minimum atomic E-state index is -0.0829. The van der Waals surface area contributed by atoms with Crippen molar-refractivity contribution in [3.05, 3.63) is 29.3 Å². The number of para-hydroxylation sites is 1. The Morgan fingerprint density at radius 2 is 2.26 bits per heavy atom. The summed E-state index contributed by atoms with van der Waals surface area (Å²) in [6.07, 6.45) is 3.60. The number of anilines is 1. The molecule has 1 aromatic rings. The zero-order valence-corrected chi connectivity index (χ0v) is 11.6. The average Bonchev–Trinajstić information content (AvgIpc) is 2.91. The van der Waals surface area contributed by atoms with E-state index in [0.717, 1.165) is 32.4 Å². The van der Waals surface area contributed by atoms with Crippen molar-refractivity contribution in [1.29, 1.82) is 0 Å². The van der Waals surface area contributed by atoms with Crippen molar-refractivity contribution in [3.8, 4) is 0 Å². The molecule has 1 unspecified atom stereocenters. The third-order valence-electron chi connectivity index (χ3n) is 3.10. The molecular weight excluding hydrogens is 264 g/mol. The van der Waals surface area contributed by atoms with Gasteiger partial charge in [-0.2, -0.15) is 0 Å². The maximum atomic E-state index is 11.7. The first-order valence-electron chi connectivity index (χ1n) is 6.62. The van der Waals surface area contributed by atoms with Crippen molar-refractivity contribution in [2.45, 2.75) is 25.4 Å². The number of hydrogen-bond donors (Lipinski definition) is 2. The van der Waals surface area contributed by atoms with Crippen LogP contribution < -0.4 is 10.6 Å². The van der Waals surface area contributed by atoms with Gasteiger partial charge in [0, 0.05) is 6.61 Å². The summed E-state index contributed by atoms with van der Waals surface area (Å²) in [5, 5.41) is 6.44. The molecule has 0 radical (unpaired) electrons. The molecule has 0 saturated carbocycles. The molecule has 5 heteroatoms. The van der Waals surface area contributed by atoms with Crippen molar-refractivity contribution in [1.82, 2.24) is 5.32 Å². The van der Waals surface area contributed by atoms with E-state index in [1.54, 1.807) is 12.1 Å². The normalized spacial score (nSPS) is 18.5. The maximum Gasteiger partial charge on any atom is 0.238 e. The van der Waals surface area contributed by atoms with Crippen LogP contribution in [0.15, 0.2) is 24.3 Å². The number of carbonyl (C=O) groups is 1. The minimum Gasteiger partial charge on any atom is -0.378 e. The Morgan fingerprint density at radius 1 is 1.42 bits per heavy atom. The summed E-state index contributed by atoms with van der Waals surface area (Å²) >= 11 is 5.96. The second-order valence-electron chi connectivity index (χ2n) is 4.63. The zero-order chi connectivity index (χ0) is 13.5. The van der Waals surface area contributed by atoms with Gasteiger partial charge in [0.25, 0.3) is 0 Å². The van der Waals surface area contributed by atoms with E-state index in [2.05, 4.69) is 10.6 Å². The van der Waals surface area contributed by atoms with Crippen LogP contribution in [0.4, 0.5) is 5.69 Å². The lowest BCUT2D eigenvalue weighted by Crippen LogP contribution is -2.30. The highest BCUT2D eigenvalue weighted by molar-refractivity contribution is 6.33. The maximum absolute atomic E-state index is 11.7. The van der Waals surface area contributed by atoms with Crippen LogP contribution in [0.1, 0.15) is 19.3 Å². The SMILES string of the molecule is O=C(CNCCC1CCCO1)Nc1ccccc1Cl. The second-order valence-corrected chi connectivity index (χ2v) is 5.04. The minimum absolute atomic E-state index is 0.0829. The smallest absolute Gasteiger partial charge is 0.238 e. The topological polar surface area (TPSA) is 50.4 Å². The van der Waals surface area contributed by atoms with Crippen LogP contribution >= 0.6 is 11.6 Å². The molecule has 1 aliphatic heterocycles. The molecule has 19 heavy (non-hydrogen) atoms. The Bertz CT molecular complexity index is 420. The first-order chi connectivity index (χ1) is 9.25. The van der Waals surface area contributed by atoms with E-state index < -0.39 is 0 Å². The Balaban J connectivity index is 1.63. The zero-order valence-electron chi connectivity index (χ0n) is 10.8. The van der Waals surface area contributed by atoms with Gasteiger partial charge in [-0.05, 0) is 37.9 Å². The second kappa shape index (κ2) is 7.48. The number of hydrogen-bond acceptors (Lipinski definition) is 3. The largest absolute Gasteiger partial charge is 0.378 e. The fourth-order valence-electron chi connectivity index (χ4n) is 2.09. The van der Waals surface area contributed by atoms with Crippen LogP contribution in [0, 0.1) is 0 Å². The lowest BCUT2D eigenvalue weighted by Gasteiger charge is -2.10. The molecule has 1 saturated heterocycles. The van der Waals surface area contributed by atoms with Crippen molar-refractivity contribution >= 4 is 23.2 Å². The standard InChI is InChI=1S/C14H19ClN2O2/c15-12-5-1-2-6-13(12)17-14(18)10-16-8-7-11-4-3-9-19-11/h1-2,5-6,11,16H,3-4,7-10H2,(H,17,18). The summed E-state index contributed by atoms with van der Waals surface area (Å²) in [6, 6.07) is 7.21. The first-order valence-corrected chi connectivity index (χ1v) is 7.00. The van der Waals surface area contributed by atoms with Crippen LogP contribution in [0.25, 0.3) is 0 Å². The quantitative estimate of drug-likeness (QED) is 0.788. The van der Waals surface area contributed by atoms with Crippen LogP contribution in [0.3, 0.4) is 0 Å². The number of nitrogens with one attached hydrogen (secondary N) is 2. The molecule has 4 nitrogen and oxygen atoms in total. The molecule has 2 rings (SSSR count). The van der Waals surface area contributed by atoms with Gasteiger partial charge >= 0.3 is 0 Å². The third kappa shape index (κ3) is 4.82. The molecule has 104 valence electrons. The van der Waals surface area contributed by atoms with Crippen LogP contribution in [0.5, 0.6) is 0 Å². The molecule has 1 amide bonds. The number of halogens is 1. The van der Waals surface area contributed by atoms with E-state index in [4.69, 9.17) is 16.3 Å². The van der Waals surface area contributed by atoms with Gasteiger partial charge in [0.2, 0.25) is 5.91 Å². The van der Waals surface area contributed by atoms with Gasteiger partial charge in [0.05, 0.1) is 23.4 Å². The number of amides is 1. The van der Waals surface area contributed by atoms with E-state index in [1.165, 1.54) is 0 Å². The summed E-state index contributed by atoms with van der Waals surface area (Å²) in [4.78, 5) is 11.7. The Morgan fingerprint density at radius 3 is 3.00 bits per heavy atom. The van der Waals surface area contributed by atoms with Gasteiger partial charge in [-0.1, -0.05) is 23.7 Å². The summed E-state index contributed by atoms with van der Waals surface area (Å²) < 4.78 is 5.51. The number of ether oxygens (including phenoxy) is 1. The van der Waals surface area contributed by atoms with Crippen molar-refractivity contribution in [2.24, 2.45) is 0 Å². The molecule has 2 N–H and O–H groups in total. The predicted octanol–water partition coefficient (Wildman–Crippen LogP) is 2.44. The summed E-state index contributed by atoms with van der Waals surface area (Å²) in [5.41, 5.74) is 0.648. The summed E-state index contributed by atoms with van der Waals surface area (Å²) in [6.45, 7) is 1.95. The number of carbonyl (C=O) groups excluding carboxylic acids is 1. The predicted molar refractivity (Wildman–Crippen MR) is 76.5 cm³/mol. The molecule has 0 aromatic heterocycles. The fourth-order valence-corrected chi connectivity index (χ4v) is 2.28. The Labute approximate surface area is 118 Å². The highest BCUT2D eigenvalue weighted by atomic mass is 35.5. The first kappa shape index (κ1) is 14.3. The molecule has 1 aromatic carbocycles. The molecule has 0 aliphatic carbocycles. The number of benzene rings is 1. The van der Waals surface area contributed by atoms with Crippen molar-refractivity contribution in [3.63, 3.8) is 0 Å². The van der Waals surface area contributed by atoms with Crippen molar-refractivity contribution in [2.75, 3.05) is 25.0 Å². The molecule has 0 bridgehead atoms. The van der Waals surface area contributed by atoms with E-state index >= 15 is 0 Å². The summed E-state index contributed by atoms with van der Waals surface area (Å²) in [7, 11) is 0. The van der Waals surface area contributed by atoms with Gasteiger partial charge in [-0.3, -0.25) is 4.79 Å². The van der Waals surface area contributed by atoms with E-state index in [9.17, 15) is 4.79 Å². The highest BCUT2D eigenvalue weighted by Gasteiger charge is 2.14. The summed E-state index contributed by atoms with van der Waals surface area (Å²) in [5.74, 6) is -0.0829. The van der Waals surface area contributed by atoms with Gasteiger partial charge < -0.3 is 15.4 Å². The van der Waals surface area contributed by atoms with E-state index in [-0.39, 0.29) is 12.5 Å². The monoisotopic (exact) mass is 282 g/mol. The molecule has 1 aliphatic rings. The lowest BCUT2D eigenvalue weighted by atomic mass is 10.2. The Kier molecular flexibility index (Phi) is 5.63. The highest BCUT2D eigenvalue weighted by Crippen LogP contribution is 2.20. The molecule has 0 spiro atoms. The van der Waals surface area contributed by atoms with Gasteiger partial charge in [0.1, 0.15) is 0 Å². The molecule has 1 fully saturated rings. The number of rotatable bonds is 6. The van der Waals surface area contributed by atoms with Gasteiger partial charge in [-0.25, -0.2) is 0 Å². The van der Waals surface area contributed by atoms with Gasteiger partial charge in [-0.15, -0.1) is 0 Å². The Hall–Kier alpha value is -1.10. The van der Waals surface area contributed by atoms with Crippen LogP contribution in [-0.2, 0) is 9.53 Å². The van der Waals surface area contributed by atoms with E-state index in [0.29, 0.717) is 16.8 Å². The average molecular weight is 283 g/mol.